The zero-order valence-electron chi connectivity index (χ0n) is 11.8. The van der Waals surface area contributed by atoms with Gasteiger partial charge in [-0.25, -0.2) is 0 Å². The highest BCUT2D eigenvalue weighted by atomic mass is 32.2. The van der Waals surface area contributed by atoms with E-state index in [-0.39, 0.29) is 25.0 Å². The topological polar surface area (TPSA) is 77.9 Å². The summed E-state index contributed by atoms with van der Waals surface area (Å²) in [7, 11) is -1.99. The zero-order chi connectivity index (χ0) is 14.5. The summed E-state index contributed by atoms with van der Waals surface area (Å²) in [4.78, 5) is 10.5. The largest absolute Gasteiger partial charge is 0.481 e. The van der Waals surface area contributed by atoms with Gasteiger partial charge in [0.15, 0.2) is 0 Å². The van der Waals surface area contributed by atoms with Crippen molar-refractivity contribution in [1.82, 2.24) is 8.61 Å². The molecule has 108 valence electrons. The van der Waals surface area contributed by atoms with Crippen LogP contribution >= 0.6 is 0 Å². The van der Waals surface area contributed by atoms with E-state index in [0.717, 1.165) is 0 Å². The van der Waals surface area contributed by atoms with E-state index < -0.39 is 16.2 Å². The van der Waals surface area contributed by atoms with Crippen LogP contribution in [0.3, 0.4) is 0 Å². The van der Waals surface area contributed by atoms with E-state index in [1.54, 1.807) is 27.7 Å². The monoisotopic (exact) mass is 280 g/mol. The molecule has 0 unspecified atom stereocenters. The predicted molar refractivity (Wildman–Crippen MR) is 70.5 cm³/mol. The van der Waals surface area contributed by atoms with Crippen molar-refractivity contribution in [3.8, 4) is 0 Å². The Labute approximate surface area is 110 Å². The van der Waals surface area contributed by atoms with Crippen LogP contribution in [-0.4, -0.2) is 53.8 Å². The number of hydrogen-bond donors (Lipinski definition) is 1. The fourth-order valence-electron chi connectivity index (χ4n) is 1.46. The van der Waals surface area contributed by atoms with Gasteiger partial charge in [-0.15, -0.1) is 0 Å². The second kappa shape index (κ2) is 7.06. The van der Waals surface area contributed by atoms with Crippen molar-refractivity contribution in [3.05, 3.63) is 0 Å². The molecular weight excluding hydrogens is 256 g/mol. The van der Waals surface area contributed by atoms with Crippen molar-refractivity contribution in [1.29, 1.82) is 0 Å². The van der Waals surface area contributed by atoms with Crippen LogP contribution in [0.4, 0.5) is 0 Å². The molecule has 6 nitrogen and oxygen atoms in total. The standard InChI is InChI=1S/C11H24N2O4S/c1-9(2)12(5)18(16,17)13(10(3)4)8-6-7-11(14)15/h9-10H,6-8H2,1-5H3,(H,14,15). The van der Waals surface area contributed by atoms with Gasteiger partial charge in [0.25, 0.3) is 10.2 Å². The second-order valence-electron chi connectivity index (χ2n) is 4.82. The summed E-state index contributed by atoms with van der Waals surface area (Å²) >= 11 is 0. The summed E-state index contributed by atoms with van der Waals surface area (Å²) in [6.45, 7) is 7.39. The van der Waals surface area contributed by atoms with Crippen molar-refractivity contribution in [2.45, 2.75) is 52.6 Å². The summed E-state index contributed by atoms with van der Waals surface area (Å²) in [5, 5.41) is 8.59. The summed E-state index contributed by atoms with van der Waals surface area (Å²) in [5.41, 5.74) is 0. The van der Waals surface area contributed by atoms with Gasteiger partial charge >= 0.3 is 5.97 Å². The molecule has 0 spiro atoms. The Bertz CT molecular complexity index is 365. The van der Waals surface area contributed by atoms with Crippen LogP contribution < -0.4 is 0 Å². The zero-order valence-corrected chi connectivity index (χ0v) is 12.6. The first kappa shape index (κ1) is 17.3. The minimum Gasteiger partial charge on any atom is -0.481 e. The van der Waals surface area contributed by atoms with Crippen molar-refractivity contribution in [3.63, 3.8) is 0 Å². The summed E-state index contributed by atoms with van der Waals surface area (Å²) in [5.74, 6) is -0.909. The van der Waals surface area contributed by atoms with Gasteiger partial charge < -0.3 is 5.11 Å². The number of carbonyl (C=O) groups is 1. The molecule has 0 amide bonds. The van der Waals surface area contributed by atoms with Gasteiger partial charge in [0.1, 0.15) is 0 Å². The molecule has 0 saturated carbocycles. The third-order valence-corrected chi connectivity index (χ3v) is 5.08. The molecule has 0 aromatic rings. The number of carboxylic acids is 1. The van der Waals surface area contributed by atoms with Crippen LogP contribution in [0.25, 0.3) is 0 Å². The fourth-order valence-corrected chi connectivity index (χ4v) is 3.21. The molecule has 0 saturated heterocycles. The number of nitrogens with zero attached hydrogens (tertiary/aromatic N) is 2. The number of hydrogen-bond acceptors (Lipinski definition) is 3. The van der Waals surface area contributed by atoms with Crippen LogP contribution in [0.15, 0.2) is 0 Å². The number of carboxylic acid groups (broad SMARTS) is 1. The van der Waals surface area contributed by atoms with E-state index in [2.05, 4.69) is 0 Å². The van der Waals surface area contributed by atoms with E-state index in [1.165, 1.54) is 15.7 Å². The molecule has 0 heterocycles. The van der Waals surface area contributed by atoms with E-state index in [1.807, 2.05) is 0 Å². The highest BCUT2D eigenvalue weighted by molar-refractivity contribution is 7.86. The number of aliphatic carboxylic acids is 1. The van der Waals surface area contributed by atoms with Gasteiger partial charge in [-0.1, -0.05) is 0 Å². The van der Waals surface area contributed by atoms with Gasteiger partial charge in [-0.3, -0.25) is 4.79 Å². The van der Waals surface area contributed by atoms with Gasteiger partial charge in [0.2, 0.25) is 0 Å². The van der Waals surface area contributed by atoms with Crippen LogP contribution in [0.1, 0.15) is 40.5 Å². The molecule has 0 aliphatic heterocycles. The van der Waals surface area contributed by atoms with Gasteiger partial charge in [-0.05, 0) is 34.1 Å². The lowest BCUT2D eigenvalue weighted by Crippen LogP contribution is -2.48. The molecule has 0 aliphatic rings. The Morgan fingerprint density at radius 2 is 1.67 bits per heavy atom. The highest BCUT2D eigenvalue weighted by Crippen LogP contribution is 2.14. The smallest absolute Gasteiger partial charge is 0.303 e. The highest BCUT2D eigenvalue weighted by Gasteiger charge is 2.30. The predicted octanol–water partition coefficient (Wildman–Crippen LogP) is 1.15. The molecule has 0 radical (unpaired) electrons. The second-order valence-corrected chi connectivity index (χ2v) is 6.76. The third kappa shape index (κ3) is 4.91. The lowest BCUT2D eigenvalue weighted by molar-refractivity contribution is -0.137. The quantitative estimate of drug-likeness (QED) is 0.723. The third-order valence-electron chi connectivity index (χ3n) is 2.73. The minimum absolute atomic E-state index is 0.0237. The molecule has 0 aromatic carbocycles. The Hall–Kier alpha value is -0.660. The molecule has 0 aliphatic carbocycles. The van der Waals surface area contributed by atoms with E-state index in [0.29, 0.717) is 6.42 Å². The van der Waals surface area contributed by atoms with Crippen LogP contribution in [0, 0.1) is 0 Å². The maximum absolute atomic E-state index is 12.3. The molecule has 1 N–H and O–H groups in total. The Morgan fingerprint density at radius 1 is 1.17 bits per heavy atom. The molecule has 0 bridgehead atoms. The first-order valence-electron chi connectivity index (χ1n) is 6.07. The molecule has 7 heteroatoms. The lowest BCUT2D eigenvalue weighted by atomic mass is 10.3. The Morgan fingerprint density at radius 3 is 2.00 bits per heavy atom. The van der Waals surface area contributed by atoms with Crippen molar-refractivity contribution < 1.29 is 18.3 Å². The first-order chi connectivity index (χ1) is 8.10. The van der Waals surface area contributed by atoms with Crippen molar-refractivity contribution in [2.24, 2.45) is 0 Å². The molecule has 0 rings (SSSR count). The minimum atomic E-state index is -3.52. The van der Waals surface area contributed by atoms with Crippen LogP contribution in [0.5, 0.6) is 0 Å². The summed E-state index contributed by atoms with van der Waals surface area (Å²) in [6, 6.07) is -0.319. The molecule has 0 aromatic heterocycles. The average molecular weight is 280 g/mol. The number of rotatable bonds is 8. The Balaban J connectivity index is 4.84. The fraction of sp³-hybridized carbons (Fsp3) is 0.909. The van der Waals surface area contributed by atoms with Gasteiger partial charge in [0, 0.05) is 32.1 Å². The molecule has 18 heavy (non-hydrogen) atoms. The Kier molecular flexibility index (Phi) is 6.80. The van der Waals surface area contributed by atoms with E-state index in [9.17, 15) is 13.2 Å². The summed E-state index contributed by atoms with van der Waals surface area (Å²) < 4.78 is 27.2. The van der Waals surface area contributed by atoms with Crippen molar-refractivity contribution >= 4 is 16.2 Å². The normalized spacial score (nSPS) is 12.9. The van der Waals surface area contributed by atoms with E-state index in [4.69, 9.17) is 5.11 Å². The average Bonchev–Trinajstić information content (AvgIpc) is 2.21. The maximum atomic E-state index is 12.3. The van der Waals surface area contributed by atoms with Gasteiger partial charge in [0.05, 0.1) is 0 Å². The molecule has 0 atom stereocenters. The SMILES string of the molecule is CC(C)N(C)S(=O)(=O)N(CCCC(=O)O)C(C)C. The summed E-state index contributed by atoms with van der Waals surface area (Å²) in [6.07, 6.45) is 0.294. The van der Waals surface area contributed by atoms with Crippen molar-refractivity contribution in [2.75, 3.05) is 13.6 Å². The first-order valence-corrected chi connectivity index (χ1v) is 7.47. The van der Waals surface area contributed by atoms with E-state index >= 15 is 0 Å². The lowest BCUT2D eigenvalue weighted by Gasteiger charge is -2.32. The van der Waals surface area contributed by atoms with Gasteiger partial charge in [-0.2, -0.15) is 17.0 Å². The van der Waals surface area contributed by atoms with Crippen LogP contribution in [0.2, 0.25) is 0 Å². The molecular formula is C11H24N2O4S. The molecule has 0 fully saturated rings. The maximum Gasteiger partial charge on any atom is 0.303 e. The van der Waals surface area contributed by atoms with Crippen LogP contribution in [-0.2, 0) is 15.0 Å².